The number of nitrogens with zero attached hydrogens (tertiary/aromatic N) is 1. The van der Waals surface area contributed by atoms with Crippen LogP contribution in [0.2, 0.25) is 0 Å². The van der Waals surface area contributed by atoms with Gasteiger partial charge in [-0.05, 0) is 31.5 Å². The molecule has 21 heavy (non-hydrogen) atoms. The SMILES string of the molecule is CCN(CC)c1ccc(CNCCNC(C)=O)cc1OC. The Morgan fingerprint density at radius 3 is 2.52 bits per heavy atom. The van der Waals surface area contributed by atoms with Crippen molar-refractivity contribution in [2.75, 3.05) is 38.2 Å². The van der Waals surface area contributed by atoms with Crippen molar-refractivity contribution >= 4 is 11.6 Å². The van der Waals surface area contributed by atoms with Gasteiger partial charge in [-0.1, -0.05) is 6.07 Å². The fourth-order valence-electron chi connectivity index (χ4n) is 2.22. The minimum atomic E-state index is 0.00189. The van der Waals surface area contributed by atoms with Crippen LogP contribution in [-0.2, 0) is 11.3 Å². The highest BCUT2D eigenvalue weighted by molar-refractivity contribution is 5.72. The van der Waals surface area contributed by atoms with E-state index in [0.717, 1.165) is 37.6 Å². The van der Waals surface area contributed by atoms with Crippen molar-refractivity contribution in [3.05, 3.63) is 23.8 Å². The van der Waals surface area contributed by atoms with E-state index in [1.165, 1.54) is 12.5 Å². The molecular formula is C16H27N3O2. The lowest BCUT2D eigenvalue weighted by Gasteiger charge is -2.23. The van der Waals surface area contributed by atoms with Crippen LogP contribution in [0.25, 0.3) is 0 Å². The highest BCUT2D eigenvalue weighted by atomic mass is 16.5. The quantitative estimate of drug-likeness (QED) is 0.681. The van der Waals surface area contributed by atoms with Crippen molar-refractivity contribution in [1.82, 2.24) is 10.6 Å². The second-order valence-electron chi connectivity index (χ2n) is 4.84. The van der Waals surface area contributed by atoms with Crippen molar-refractivity contribution in [3.8, 4) is 5.75 Å². The summed E-state index contributed by atoms with van der Waals surface area (Å²) in [7, 11) is 1.70. The van der Waals surface area contributed by atoms with Gasteiger partial charge < -0.3 is 20.3 Å². The third-order valence-electron chi connectivity index (χ3n) is 3.35. The number of hydrogen-bond donors (Lipinski definition) is 2. The molecule has 5 heteroatoms. The topological polar surface area (TPSA) is 53.6 Å². The van der Waals surface area contributed by atoms with Gasteiger partial charge in [-0.15, -0.1) is 0 Å². The first kappa shape index (κ1) is 17.3. The van der Waals surface area contributed by atoms with Crippen molar-refractivity contribution in [1.29, 1.82) is 0 Å². The van der Waals surface area contributed by atoms with E-state index in [4.69, 9.17) is 4.74 Å². The summed E-state index contributed by atoms with van der Waals surface area (Å²) in [6.07, 6.45) is 0. The molecule has 1 aromatic rings. The predicted molar refractivity (Wildman–Crippen MR) is 86.9 cm³/mol. The highest BCUT2D eigenvalue weighted by Gasteiger charge is 2.09. The largest absolute Gasteiger partial charge is 0.495 e. The summed E-state index contributed by atoms with van der Waals surface area (Å²) in [5.74, 6) is 0.905. The monoisotopic (exact) mass is 293 g/mol. The Balaban J connectivity index is 2.59. The minimum Gasteiger partial charge on any atom is -0.495 e. The number of carbonyl (C=O) groups excluding carboxylic acids is 1. The van der Waals surface area contributed by atoms with Gasteiger partial charge in [0.05, 0.1) is 12.8 Å². The molecule has 118 valence electrons. The zero-order valence-electron chi connectivity index (χ0n) is 13.5. The second kappa shape index (κ2) is 9.23. The standard InChI is InChI=1S/C16H27N3O2/c1-5-19(6-2)15-8-7-14(11-16(15)21-4)12-17-9-10-18-13(3)20/h7-8,11,17H,5-6,9-10,12H2,1-4H3,(H,18,20). The molecule has 1 aromatic carbocycles. The van der Waals surface area contributed by atoms with Crippen LogP contribution >= 0.6 is 0 Å². The van der Waals surface area contributed by atoms with Gasteiger partial charge in [0.1, 0.15) is 5.75 Å². The molecule has 0 atom stereocenters. The smallest absolute Gasteiger partial charge is 0.216 e. The van der Waals surface area contributed by atoms with Crippen molar-refractivity contribution in [3.63, 3.8) is 0 Å². The molecular weight excluding hydrogens is 266 g/mol. The Morgan fingerprint density at radius 2 is 1.95 bits per heavy atom. The molecule has 5 nitrogen and oxygen atoms in total. The molecule has 0 heterocycles. The van der Waals surface area contributed by atoms with E-state index < -0.39 is 0 Å². The molecule has 0 aliphatic carbocycles. The Kier molecular flexibility index (Phi) is 7.61. The zero-order valence-corrected chi connectivity index (χ0v) is 13.5. The maximum Gasteiger partial charge on any atom is 0.216 e. The van der Waals surface area contributed by atoms with Gasteiger partial charge in [-0.25, -0.2) is 0 Å². The molecule has 0 radical (unpaired) electrons. The van der Waals surface area contributed by atoms with Crippen LogP contribution in [0.1, 0.15) is 26.3 Å². The molecule has 0 aliphatic rings. The van der Waals surface area contributed by atoms with Crippen LogP contribution in [0.3, 0.4) is 0 Å². The van der Waals surface area contributed by atoms with E-state index in [2.05, 4.69) is 47.6 Å². The maximum absolute atomic E-state index is 10.8. The van der Waals surface area contributed by atoms with Gasteiger partial charge in [0.2, 0.25) is 5.91 Å². The highest BCUT2D eigenvalue weighted by Crippen LogP contribution is 2.29. The van der Waals surface area contributed by atoms with Gasteiger partial charge in [0.25, 0.3) is 0 Å². The van der Waals surface area contributed by atoms with Gasteiger partial charge >= 0.3 is 0 Å². The molecule has 0 saturated heterocycles. The second-order valence-corrected chi connectivity index (χ2v) is 4.84. The third-order valence-corrected chi connectivity index (χ3v) is 3.35. The molecule has 0 spiro atoms. The molecule has 0 fully saturated rings. The van der Waals surface area contributed by atoms with Crippen LogP contribution in [0.5, 0.6) is 5.75 Å². The maximum atomic E-state index is 10.8. The molecule has 2 N–H and O–H groups in total. The van der Waals surface area contributed by atoms with Crippen molar-refractivity contribution in [2.24, 2.45) is 0 Å². The first-order chi connectivity index (χ1) is 10.1. The minimum absolute atomic E-state index is 0.00189. The third kappa shape index (κ3) is 5.63. The van der Waals surface area contributed by atoms with E-state index >= 15 is 0 Å². The zero-order chi connectivity index (χ0) is 15.7. The fourth-order valence-corrected chi connectivity index (χ4v) is 2.22. The van der Waals surface area contributed by atoms with Crippen LogP contribution in [-0.4, -0.2) is 39.2 Å². The van der Waals surface area contributed by atoms with Gasteiger partial charge in [-0.2, -0.15) is 0 Å². The van der Waals surface area contributed by atoms with Crippen molar-refractivity contribution < 1.29 is 9.53 Å². The number of ether oxygens (including phenoxy) is 1. The normalized spacial score (nSPS) is 10.3. The summed E-state index contributed by atoms with van der Waals surface area (Å²) in [5, 5.41) is 6.06. The van der Waals surface area contributed by atoms with Gasteiger partial charge in [0.15, 0.2) is 0 Å². The molecule has 1 rings (SSSR count). The molecule has 0 aliphatic heterocycles. The van der Waals surface area contributed by atoms with Crippen LogP contribution in [0.15, 0.2) is 18.2 Å². The van der Waals surface area contributed by atoms with Crippen LogP contribution in [0, 0.1) is 0 Å². The first-order valence-electron chi connectivity index (χ1n) is 7.49. The Morgan fingerprint density at radius 1 is 1.24 bits per heavy atom. The Bertz CT molecular complexity index is 445. The van der Waals surface area contributed by atoms with Crippen LogP contribution in [0.4, 0.5) is 5.69 Å². The summed E-state index contributed by atoms with van der Waals surface area (Å²) >= 11 is 0. The van der Waals surface area contributed by atoms with E-state index in [1.807, 2.05) is 0 Å². The summed E-state index contributed by atoms with van der Waals surface area (Å²) in [6, 6.07) is 6.29. The van der Waals surface area contributed by atoms with E-state index in [1.54, 1.807) is 7.11 Å². The van der Waals surface area contributed by atoms with E-state index in [9.17, 15) is 4.79 Å². The molecule has 0 bridgehead atoms. The lowest BCUT2D eigenvalue weighted by Crippen LogP contribution is -2.29. The summed E-state index contributed by atoms with van der Waals surface area (Å²) in [6.45, 7) is 9.87. The fraction of sp³-hybridized carbons (Fsp3) is 0.562. The lowest BCUT2D eigenvalue weighted by atomic mass is 10.1. The Hall–Kier alpha value is -1.75. The molecule has 1 amide bonds. The first-order valence-corrected chi connectivity index (χ1v) is 7.49. The predicted octanol–water partition coefficient (Wildman–Crippen LogP) is 1.77. The Labute approximate surface area is 127 Å². The summed E-state index contributed by atoms with van der Waals surface area (Å²) < 4.78 is 5.50. The molecule has 0 unspecified atom stereocenters. The average Bonchev–Trinajstić information content (AvgIpc) is 2.48. The molecule has 0 aromatic heterocycles. The summed E-state index contributed by atoms with van der Waals surface area (Å²) in [5.41, 5.74) is 2.30. The van der Waals surface area contributed by atoms with Gasteiger partial charge in [-0.3, -0.25) is 4.79 Å². The lowest BCUT2D eigenvalue weighted by molar-refractivity contribution is -0.118. The number of benzene rings is 1. The number of methoxy groups -OCH3 is 1. The number of carbonyl (C=O) groups is 1. The summed E-state index contributed by atoms with van der Waals surface area (Å²) in [4.78, 5) is 13.0. The van der Waals surface area contributed by atoms with Crippen LogP contribution < -0.4 is 20.3 Å². The average molecular weight is 293 g/mol. The van der Waals surface area contributed by atoms with E-state index in [0.29, 0.717) is 6.54 Å². The molecule has 0 saturated carbocycles. The van der Waals surface area contributed by atoms with Gasteiger partial charge in [0, 0.05) is 39.6 Å². The number of nitrogens with one attached hydrogen (secondary N) is 2. The van der Waals surface area contributed by atoms with E-state index in [-0.39, 0.29) is 5.91 Å². The number of anilines is 1. The number of amides is 1. The van der Waals surface area contributed by atoms with Crippen molar-refractivity contribution in [2.45, 2.75) is 27.3 Å². The number of rotatable bonds is 9. The number of hydrogen-bond acceptors (Lipinski definition) is 4.